The molecule has 1 saturated heterocycles. The van der Waals surface area contributed by atoms with Crippen molar-refractivity contribution in [2.24, 2.45) is 5.41 Å². The van der Waals surface area contributed by atoms with E-state index in [1.54, 1.807) is 6.92 Å². The van der Waals surface area contributed by atoms with Crippen molar-refractivity contribution in [3.05, 3.63) is 12.2 Å². The molecule has 0 amide bonds. The van der Waals surface area contributed by atoms with Crippen molar-refractivity contribution in [1.29, 1.82) is 0 Å². The van der Waals surface area contributed by atoms with Crippen LogP contribution in [0.5, 0.6) is 0 Å². The molecule has 3 nitrogen and oxygen atoms in total. The number of ether oxygens (including phenoxy) is 2. The van der Waals surface area contributed by atoms with Gasteiger partial charge in [0.05, 0.1) is 19.8 Å². The van der Waals surface area contributed by atoms with Crippen molar-refractivity contribution < 1.29 is 14.3 Å². The van der Waals surface area contributed by atoms with Crippen LogP contribution in [0, 0.1) is 5.41 Å². The van der Waals surface area contributed by atoms with Gasteiger partial charge in [-0.1, -0.05) is 32.8 Å². The lowest BCUT2D eigenvalue weighted by atomic mass is 9.78. The predicted octanol–water partition coefficient (Wildman–Crippen LogP) is 3.48. The minimum atomic E-state index is -0.272. The summed E-state index contributed by atoms with van der Waals surface area (Å²) in [5.74, 6) is -0.272. The molecule has 0 unspecified atom stereocenters. The van der Waals surface area contributed by atoms with Crippen LogP contribution in [0.4, 0.5) is 0 Å². The van der Waals surface area contributed by atoms with Crippen LogP contribution in [-0.2, 0) is 14.3 Å². The topological polar surface area (TPSA) is 35.5 Å². The fraction of sp³-hybridized carbons (Fsp3) is 0.800. The standard InChI is InChI=1S/C15H26O3/c1-4-15(11-17-12-15)9-7-5-6-8-10-18-14(16)13(2)3/h2,4-12H2,1,3H3. The van der Waals surface area contributed by atoms with E-state index in [9.17, 15) is 4.79 Å². The molecule has 104 valence electrons. The highest BCUT2D eigenvalue weighted by Gasteiger charge is 2.35. The molecule has 1 fully saturated rings. The van der Waals surface area contributed by atoms with Gasteiger partial charge < -0.3 is 9.47 Å². The Hall–Kier alpha value is -0.830. The zero-order chi connectivity index (χ0) is 13.4. The van der Waals surface area contributed by atoms with Crippen LogP contribution in [-0.4, -0.2) is 25.8 Å². The van der Waals surface area contributed by atoms with Gasteiger partial charge in [0, 0.05) is 11.0 Å². The van der Waals surface area contributed by atoms with Gasteiger partial charge in [-0.2, -0.15) is 0 Å². The Kier molecular flexibility index (Phi) is 6.41. The first kappa shape index (κ1) is 15.2. The molecule has 0 aliphatic carbocycles. The number of esters is 1. The number of unbranched alkanes of at least 4 members (excludes halogenated alkanes) is 3. The van der Waals surface area contributed by atoms with Crippen LogP contribution >= 0.6 is 0 Å². The average molecular weight is 254 g/mol. The van der Waals surface area contributed by atoms with Gasteiger partial charge in [-0.3, -0.25) is 0 Å². The van der Waals surface area contributed by atoms with E-state index >= 15 is 0 Å². The van der Waals surface area contributed by atoms with Crippen LogP contribution in [0.25, 0.3) is 0 Å². The Bertz CT molecular complexity index is 274. The molecule has 1 heterocycles. The van der Waals surface area contributed by atoms with E-state index in [4.69, 9.17) is 9.47 Å². The molecule has 0 N–H and O–H groups in total. The molecule has 0 atom stereocenters. The minimum Gasteiger partial charge on any atom is -0.462 e. The van der Waals surface area contributed by atoms with Gasteiger partial charge in [0.2, 0.25) is 0 Å². The first-order chi connectivity index (χ1) is 8.59. The van der Waals surface area contributed by atoms with E-state index in [2.05, 4.69) is 13.5 Å². The zero-order valence-electron chi connectivity index (χ0n) is 11.8. The van der Waals surface area contributed by atoms with Crippen molar-refractivity contribution in [3.8, 4) is 0 Å². The monoisotopic (exact) mass is 254 g/mol. The molecule has 0 aromatic rings. The number of rotatable bonds is 9. The summed E-state index contributed by atoms with van der Waals surface area (Å²) in [6.07, 6.45) is 7.05. The fourth-order valence-corrected chi connectivity index (χ4v) is 2.16. The lowest BCUT2D eigenvalue weighted by molar-refractivity contribution is -0.139. The van der Waals surface area contributed by atoms with Gasteiger partial charge in [-0.05, 0) is 26.2 Å². The summed E-state index contributed by atoms with van der Waals surface area (Å²) in [6.45, 7) is 9.88. The molecule has 1 aliphatic heterocycles. The summed E-state index contributed by atoms with van der Waals surface area (Å²) in [5, 5.41) is 0. The van der Waals surface area contributed by atoms with Gasteiger partial charge >= 0.3 is 5.97 Å². The van der Waals surface area contributed by atoms with Crippen molar-refractivity contribution in [3.63, 3.8) is 0 Å². The van der Waals surface area contributed by atoms with Gasteiger partial charge in [-0.15, -0.1) is 0 Å². The molecule has 0 radical (unpaired) electrons. The smallest absolute Gasteiger partial charge is 0.333 e. The molecular weight excluding hydrogens is 228 g/mol. The molecule has 0 aromatic heterocycles. The van der Waals surface area contributed by atoms with Crippen molar-refractivity contribution in [1.82, 2.24) is 0 Å². The number of hydrogen-bond acceptors (Lipinski definition) is 3. The van der Waals surface area contributed by atoms with Crippen LogP contribution in [0.2, 0.25) is 0 Å². The van der Waals surface area contributed by atoms with E-state index in [0.29, 0.717) is 17.6 Å². The maximum absolute atomic E-state index is 11.1. The third kappa shape index (κ3) is 4.81. The van der Waals surface area contributed by atoms with E-state index in [0.717, 1.165) is 26.1 Å². The van der Waals surface area contributed by atoms with Crippen molar-refractivity contribution in [2.45, 2.75) is 52.4 Å². The highest BCUT2D eigenvalue weighted by Crippen LogP contribution is 2.36. The van der Waals surface area contributed by atoms with Gasteiger partial charge in [0.15, 0.2) is 0 Å². The number of carbonyl (C=O) groups is 1. The van der Waals surface area contributed by atoms with Crippen molar-refractivity contribution in [2.75, 3.05) is 19.8 Å². The molecule has 1 aliphatic rings. The zero-order valence-corrected chi connectivity index (χ0v) is 11.8. The summed E-state index contributed by atoms with van der Waals surface area (Å²) in [7, 11) is 0. The summed E-state index contributed by atoms with van der Waals surface area (Å²) in [4.78, 5) is 11.1. The fourth-order valence-electron chi connectivity index (χ4n) is 2.16. The second-order valence-electron chi connectivity index (χ2n) is 5.43. The van der Waals surface area contributed by atoms with Crippen LogP contribution < -0.4 is 0 Å². The molecule has 0 aromatic carbocycles. The largest absolute Gasteiger partial charge is 0.462 e. The molecule has 18 heavy (non-hydrogen) atoms. The van der Waals surface area contributed by atoms with E-state index in [1.165, 1.54) is 25.7 Å². The molecule has 0 saturated carbocycles. The molecular formula is C15H26O3. The first-order valence-electron chi connectivity index (χ1n) is 7.00. The van der Waals surface area contributed by atoms with Gasteiger partial charge in [-0.25, -0.2) is 4.79 Å². The molecule has 1 rings (SSSR count). The summed E-state index contributed by atoms with van der Waals surface area (Å²) in [6, 6.07) is 0. The maximum Gasteiger partial charge on any atom is 0.333 e. The summed E-state index contributed by atoms with van der Waals surface area (Å²) >= 11 is 0. The molecule has 0 spiro atoms. The highest BCUT2D eigenvalue weighted by atomic mass is 16.5. The van der Waals surface area contributed by atoms with Crippen molar-refractivity contribution >= 4 is 5.97 Å². The lowest BCUT2D eigenvalue weighted by Crippen LogP contribution is -2.41. The maximum atomic E-state index is 11.1. The molecule has 0 bridgehead atoms. The summed E-state index contributed by atoms with van der Waals surface area (Å²) in [5.41, 5.74) is 0.955. The quantitative estimate of drug-likeness (QED) is 0.359. The first-order valence-corrected chi connectivity index (χ1v) is 7.00. The SMILES string of the molecule is C=C(C)C(=O)OCCCCCCC1(CC)COC1. The predicted molar refractivity (Wildman–Crippen MR) is 72.4 cm³/mol. The van der Waals surface area contributed by atoms with Crippen LogP contribution in [0.15, 0.2) is 12.2 Å². The Morgan fingerprint density at radius 2 is 1.94 bits per heavy atom. The third-order valence-electron chi connectivity index (χ3n) is 3.75. The third-order valence-corrected chi connectivity index (χ3v) is 3.75. The Balaban J connectivity index is 1.93. The van der Waals surface area contributed by atoms with Gasteiger partial charge in [0.25, 0.3) is 0 Å². The normalized spacial score (nSPS) is 17.0. The Labute approximate surface area is 111 Å². The molecule has 3 heteroatoms. The number of carbonyl (C=O) groups excluding carboxylic acids is 1. The number of hydrogen-bond donors (Lipinski definition) is 0. The highest BCUT2D eigenvalue weighted by molar-refractivity contribution is 5.86. The Morgan fingerprint density at radius 3 is 2.44 bits per heavy atom. The summed E-state index contributed by atoms with van der Waals surface area (Å²) < 4.78 is 10.4. The Morgan fingerprint density at radius 1 is 1.28 bits per heavy atom. The van der Waals surface area contributed by atoms with Gasteiger partial charge in [0.1, 0.15) is 0 Å². The average Bonchev–Trinajstić information content (AvgIpc) is 2.30. The van der Waals surface area contributed by atoms with E-state index in [-0.39, 0.29) is 5.97 Å². The van der Waals surface area contributed by atoms with E-state index < -0.39 is 0 Å². The van der Waals surface area contributed by atoms with E-state index in [1.807, 2.05) is 0 Å². The van der Waals surface area contributed by atoms with Crippen LogP contribution in [0.3, 0.4) is 0 Å². The lowest BCUT2D eigenvalue weighted by Gasteiger charge is -2.41. The minimum absolute atomic E-state index is 0.272. The second-order valence-corrected chi connectivity index (χ2v) is 5.43. The second kappa shape index (κ2) is 7.57. The van der Waals surface area contributed by atoms with Crippen LogP contribution in [0.1, 0.15) is 52.4 Å².